The number of anilines is 1. The van der Waals surface area contributed by atoms with E-state index >= 15 is 0 Å². The van der Waals surface area contributed by atoms with Crippen molar-refractivity contribution < 1.29 is 4.79 Å². The predicted molar refractivity (Wildman–Crippen MR) is 60.7 cm³/mol. The molecule has 1 amide bonds. The summed E-state index contributed by atoms with van der Waals surface area (Å²) in [5.41, 5.74) is 6.00. The lowest BCUT2D eigenvalue weighted by atomic mass is 9.93. The van der Waals surface area contributed by atoms with Gasteiger partial charge in [-0.05, 0) is 11.8 Å². The van der Waals surface area contributed by atoms with E-state index in [1.54, 1.807) is 0 Å². The SMILES string of the molecule is CC1(C)CCN(C(=O)c2cnc(N)cn2)C1. The average Bonchev–Trinajstić information content (AvgIpc) is 2.59. The Balaban J connectivity index is 2.12. The van der Waals surface area contributed by atoms with E-state index in [1.165, 1.54) is 12.4 Å². The number of rotatable bonds is 1. The first-order valence-corrected chi connectivity index (χ1v) is 5.35. The van der Waals surface area contributed by atoms with Crippen LogP contribution in [0.1, 0.15) is 30.8 Å². The molecule has 5 heteroatoms. The van der Waals surface area contributed by atoms with Crippen LogP contribution in [0.4, 0.5) is 5.82 Å². The highest BCUT2D eigenvalue weighted by Crippen LogP contribution is 2.29. The first-order valence-electron chi connectivity index (χ1n) is 5.35. The fourth-order valence-corrected chi connectivity index (χ4v) is 1.90. The van der Waals surface area contributed by atoms with Gasteiger partial charge in [0.05, 0.1) is 12.4 Å². The Morgan fingerprint density at radius 1 is 1.44 bits per heavy atom. The van der Waals surface area contributed by atoms with Crippen molar-refractivity contribution in [2.24, 2.45) is 5.41 Å². The van der Waals surface area contributed by atoms with Gasteiger partial charge >= 0.3 is 0 Å². The van der Waals surface area contributed by atoms with Crippen LogP contribution in [0.3, 0.4) is 0 Å². The summed E-state index contributed by atoms with van der Waals surface area (Å²) in [6.07, 6.45) is 3.87. The molecule has 0 atom stereocenters. The van der Waals surface area contributed by atoms with E-state index < -0.39 is 0 Å². The fourth-order valence-electron chi connectivity index (χ4n) is 1.90. The zero-order valence-electron chi connectivity index (χ0n) is 9.60. The maximum Gasteiger partial charge on any atom is 0.274 e. The number of hydrogen-bond acceptors (Lipinski definition) is 4. The molecule has 5 nitrogen and oxygen atoms in total. The van der Waals surface area contributed by atoms with Crippen LogP contribution in [0.15, 0.2) is 12.4 Å². The van der Waals surface area contributed by atoms with E-state index in [0.717, 1.165) is 19.5 Å². The summed E-state index contributed by atoms with van der Waals surface area (Å²) in [6, 6.07) is 0. The third-order valence-corrected chi connectivity index (χ3v) is 2.86. The minimum atomic E-state index is -0.0573. The lowest BCUT2D eigenvalue weighted by Crippen LogP contribution is -2.31. The molecule has 0 spiro atoms. The Kier molecular flexibility index (Phi) is 2.53. The van der Waals surface area contributed by atoms with Gasteiger partial charge in [0, 0.05) is 13.1 Å². The summed E-state index contributed by atoms with van der Waals surface area (Å²) in [5.74, 6) is 0.274. The van der Waals surface area contributed by atoms with Gasteiger partial charge in [-0.1, -0.05) is 13.8 Å². The molecule has 1 saturated heterocycles. The van der Waals surface area contributed by atoms with E-state index in [1.807, 2.05) is 4.90 Å². The van der Waals surface area contributed by atoms with E-state index in [9.17, 15) is 4.79 Å². The standard InChI is InChI=1S/C11H16N4O/c1-11(2)3-4-15(7-11)10(16)8-5-14-9(12)6-13-8/h5-6H,3-4,7H2,1-2H3,(H2,12,14). The molecule has 1 fully saturated rings. The Labute approximate surface area is 94.7 Å². The Morgan fingerprint density at radius 2 is 2.19 bits per heavy atom. The third kappa shape index (κ3) is 2.13. The second-order valence-electron chi connectivity index (χ2n) is 4.97. The topological polar surface area (TPSA) is 72.1 Å². The van der Waals surface area contributed by atoms with Crippen LogP contribution >= 0.6 is 0 Å². The number of aromatic nitrogens is 2. The molecular formula is C11H16N4O. The molecule has 0 radical (unpaired) electrons. The van der Waals surface area contributed by atoms with E-state index in [0.29, 0.717) is 11.5 Å². The van der Waals surface area contributed by atoms with Crippen LogP contribution in [0.5, 0.6) is 0 Å². The molecule has 2 N–H and O–H groups in total. The summed E-state index contributed by atoms with van der Waals surface area (Å²) >= 11 is 0. The van der Waals surface area contributed by atoms with Gasteiger partial charge in [-0.15, -0.1) is 0 Å². The van der Waals surface area contributed by atoms with Crippen molar-refractivity contribution in [3.63, 3.8) is 0 Å². The van der Waals surface area contributed by atoms with Crippen molar-refractivity contribution in [1.82, 2.24) is 14.9 Å². The largest absolute Gasteiger partial charge is 0.382 e. The Hall–Kier alpha value is -1.65. The second-order valence-corrected chi connectivity index (χ2v) is 4.97. The van der Waals surface area contributed by atoms with Crippen LogP contribution in [-0.2, 0) is 0 Å². The number of carbonyl (C=O) groups is 1. The minimum absolute atomic E-state index is 0.0573. The number of hydrogen-bond donors (Lipinski definition) is 1. The summed E-state index contributed by atoms with van der Waals surface area (Å²) in [7, 11) is 0. The van der Waals surface area contributed by atoms with Gasteiger partial charge in [0.15, 0.2) is 0 Å². The van der Waals surface area contributed by atoms with Crippen LogP contribution in [-0.4, -0.2) is 33.9 Å². The van der Waals surface area contributed by atoms with Gasteiger partial charge in [-0.3, -0.25) is 4.79 Å². The number of carbonyl (C=O) groups excluding carboxylic acids is 1. The van der Waals surface area contributed by atoms with Gasteiger partial charge in [0.1, 0.15) is 11.5 Å². The molecule has 86 valence electrons. The lowest BCUT2D eigenvalue weighted by Gasteiger charge is -2.19. The highest BCUT2D eigenvalue weighted by molar-refractivity contribution is 5.92. The summed E-state index contributed by atoms with van der Waals surface area (Å²) in [4.78, 5) is 21.7. The molecule has 0 aromatic carbocycles. The molecule has 0 saturated carbocycles. The van der Waals surface area contributed by atoms with Crippen molar-refractivity contribution in [3.05, 3.63) is 18.1 Å². The van der Waals surface area contributed by atoms with Gasteiger partial charge in [-0.25, -0.2) is 9.97 Å². The Bertz CT molecular complexity index is 399. The van der Waals surface area contributed by atoms with Crippen LogP contribution in [0.2, 0.25) is 0 Å². The number of nitrogens with two attached hydrogens (primary N) is 1. The number of nitrogen functional groups attached to an aromatic ring is 1. The zero-order chi connectivity index (χ0) is 11.8. The lowest BCUT2D eigenvalue weighted by molar-refractivity contribution is 0.0772. The first kappa shape index (κ1) is 10.9. The predicted octanol–water partition coefficient (Wildman–Crippen LogP) is 0.931. The number of amides is 1. The van der Waals surface area contributed by atoms with Crippen molar-refractivity contribution in [2.75, 3.05) is 18.8 Å². The minimum Gasteiger partial charge on any atom is -0.382 e. The quantitative estimate of drug-likeness (QED) is 0.764. The Morgan fingerprint density at radius 3 is 2.69 bits per heavy atom. The van der Waals surface area contributed by atoms with E-state index in [-0.39, 0.29) is 11.3 Å². The van der Waals surface area contributed by atoms with Crippen LogP contribution in [0.25, 0.3) is 0 Å². The molecule has 2 heterocycles. The average molecular weight is 220 g/mol. The molecule has 2 rings (SSSR count). The fraction of sp³-hybridized carbons (Fsp3) is 0.545. The van der Waals surface area contributed by atoms with Crippen LogP contribution < -0.4 is 5.73 Å². The van der Waals surface area contributed by atoms with Crippen molar-refractivity contribution in [2.45, 2.75) is 20.3 Å². The van der Waals surface area contributed by atoms with Gasteiger partial charge in [-0.2, -0.15) is 0 Å². The highest BCUT2D eigenvalue weighted by Gasteiger charge is 2.32. The molecule has 1 aliphatic rings. The van der Waals surface area contributed by atoms with Crippen LogP contribution in [0, 0.1) is 5.41 Å². The zero-order valence-corrected chi connectivity index (χ0v) is 9.60. The molecule has 16 heavy (non-hydrogen) atoms. The summed E-state index contributed by atoms with van der Waals surface area (Å²) < 4.78 is 0. The molecule has 0 unspecified atom stereocenters. The smallest absolute Gasteiger partial charge is 0.274 e. The number of likely N-dealkylation sites (tertiary alicyclic amines) is 1. The molecular weight excluding hydrogens is 204 g/mol. The summed E-state index contributed by atoms with van der Waals surface area (Å²) in [6.45, 7) is 5.89. The van der Waals surface area contributed by atoms with Gasteiger partial charge < -0.3 is 10.6 Å². The molecule has 1 aliphatic heterocycles. The number of nitrogens with zero attached hydrogens (tertiary/aromatic N) is 3. The maximum absolute atomic E-state index is 12.0. The van der Waals surface area contributed by atoms with E-state index in [2.05, 4.69) is 23.8 Å². The van der Waals surface area contributed by atoms with Crippen molar-refractivity contribution in [3.8, 4) is 0 Å². The summed E-state index contributed by atoms with van der Waals surface area (Å²) in [5, 5.41) is 0. The monoisotopic (exact) mass is 220 g/mol. The second kappa shape index (κ2) is 3.73. The van der Waals surface area contributed by atoms with Crippen molar-refractivity contribution >= 4 is 11.7 Å². The molecule has 1 aromatic heterocycles. The first-order chi connectivity index (χ1) is 7.48. The van der Waals surface area contributed by atoms with Crippen molar-refractivity contribution in [1.29, 1.82) is 0 Å². The highest BCUT2D eigenvalue weighted by atomic mass is 16.2. The molecule has 1 aromatic rings. The normalized spacial score (nSPS) is 18.8. The van der Waals surface area contributed by atoms with Gasteiger partial charge in [0.2, 0.25) is 0 Å². The third-order valence-electron chi connectivity index (χ3n) is 2.86. The molecule has 0 bridgehead atoms. The molecule has 0 aliphatic carbocycles. The van der Waals surface area contributed by atoms with E-state index in [4.69, 9.17) is 5.73 Å². The maximum atomic E-state index is 12.0. The van der Waals surface area contributed by atoms with Gasteiger partial charge in [0.25, 0.3) is 5.91 Å².